The van der Waals surface area contributed by atoms with E-state index < -0.39 is 0 Å². The van der Waals surface area contributed by atoms with E-state index in [-0.39, 0.29) is 5.91 Å². The fourth-order valence-electron chi connectivity index (χ4n) is 1.97. The third-order valence-corrected chi connectivity index (χ3v) is 4.64. The van der Waals surface area contributed by atoms with Gasteiger partial charge in [-0.1, -0.05) is 54.1 Å². The van der Waals surface area contributed by atoms with Gasteiger partial charge < -0.3 is 4.90 Å². The van der Waals surface area contributed by atoms with Gasteiger partial charge in [0.2, 0.25) is 5.91 Å². The fourth-order valence-corrected chi connectivity index (χ4v) is 3.11. The van der Waals surface area contributed by atoms with E-state index in [0.29, 0.717) is 23.9 Å². The summed E-state index contributed by atoms with van der Waals surface area (Å²) >= 11 is 7.59. The molecule has 0 fully saturated rings. The van der Waals surface area contributed by atoms with Crippen LogP contribution in [0.15, 0.2) is 59.5 Å². The Labute approximate surface area is 135 Å². The predicted molar refractivity (Wildman–Crippen MR) is 89.7 cm³/mol. The van der Waals surface area contributed by atoms with Crippen LogP contribution in [-0.4, -0.2) is 23.1 Å². The van der Waals surface area contributed by atoms with Crippen molar-refractivity contribution in [1.29, 1.82) is 0 Å². The lowest BCUT2D eigenvalue weighted by Crippen LogP contribution is -2.31. The Morgan fingerprint density at radius 2 is 1.76 bits per heavy atom. The molecular weight excluding hydrogens is 302 g/mol. The number of amides is 1. The molecule has 110 valence electrons. The maximum atomic E-state index is 12.3. The van der Waals surface area contributed by atoms with Crippen LogP contribution < -0.4 is 0 Å². The Balaban J connectivity index is 1.93. The molecule has 0 unspecified atom stereocenters. The van der Waals surface area contributed by atoms with Crippen molar-refractivity contribution in [2.75, 3.05) is 12.3 Å². The summed E-state index contributed by atoms with van der Waals surface area (Å²) in [6.07, 6.45) is 0. The van der Waals surface area contributed by atoms with E-state index in [1.807, 2.05) is 66.4 Å². The van der Waals surface area contributed by atoms with Crippen LogP contribution in [0.3, 0.4) is 0 Å². The number of hydrogen-bond acceptors (Lipinski definition) is 2. The summed E-state index contributed by atoms with van der Waals surface area (Å²) in [5.41, 5.74) is 1.15. The van der Waals surface area contributed by atoms with E-state index in [1.165, 1.54) is 11.8 Å². The van der Waals surface area contributed by atoms with Crippen LogP contribution in [0.2, 0.25) is 5.02 Å². The molecule has 0 heterocycles. The molecular formula is C17H18ClNOS. The van der Waals surface area contributed by atoms with E-state index in [9.17, 15) is 4.79 Å². The highest BCUT2D eigenvalue weighted by Crippen LogP contribution is 2.26. The molecule has 0 aromatic heterocycles. The van der Waals surface area contributed by atoms with Crippen LogP contribution in [0.25, 0.3) is 0 Å². The Kier molecular flexibility index (Phi) is 6.15. The van der Waals surface area contributed by atoms with Crippen LogP contribution in [0.4, 0.5) is 0 Å². The van der Waals surface area contributed by atoms with Crippen molar-refractivity contribution in [2.45, 2.75) is 18.4 Å². The van der Waals surface area contributed by atoms with Gasteiger partial charge in [0.15, 0.2) is 0 Å². The Morgan fingerprint density at radius 3 is 2.43 bits per heavy atom. The summed E-state index contributed by atoms with van der Waals surface area (Å²) in [6.45, 7) is 3.36. The minimum absolute atomic E-state index is 0.131. The molecule has 0 aliphatic heterocycles. The highest BCUT2D eigenvalue weighted by atomic mass is 35.5. The molecule has 0 bridgehead atoms. The average Bonchev–Trinajstić information content (AvgIpc) is 2.52. The van der Waals surface area contributed by atoms with Gasteiger partial charge in [0, 0.05) is 18.0 Å². The molecule has 0 radical (unpaired) electrons. The molecule has 0 spiro atoms. The molecule has 2 rings (SSSR count). The number of carbonyl (C=O) groups excluding carboxylic acids is 1. The Bertz CT molecular complexity index is 588. The van der Waals surface area contributed by atoms with Crippen molar-refractivity contribution in [3.63, 3.8) is 0 Å². The second kappa shape index (κ2) is 8.11. The standard InChI is InChI=1S/C17H18ClNOS/c1-2-19(12-14-8-4-3-5-9-14)17(20)13-21-16-11-7-6-10-15(16)18/h3-11H,2,12-13H2,1H3. The second-order valence-corrected chi connectivity index (χ2v) is 6.04. The van der Waals surface area contributed by atoms with Crippen LogP contribution >= 0.6 is 23.4 Å². The number of nitrogens with zero attached hydrogens (tertiary/aromatic N) is 1. The van der Waals surface area contributed by atoms with Crippen molar-refractivity contribution >= 4 is 29.3 Å². The van der Waals surface area contributed by atoms with Gasteiger partial charge in [-0.3, -0.25) is 4.79 Å². The SMILES string of the molecule is CCN(Cc1ccccc1)C(=O)CSc1ccccc1Cl. The number of halogens is 1. The molecule has 1 amide bonds. The summed E-state index contributed by atoms with van der Waals surface area (Å²) < 4.78 is 0. The fraction of sp³-hybridized carbons (Fsp3) is 0.235. The van der Waals surface area contributed by atoms with Crippen molar-refractivity contribution in [3.05, 3.63) is 65.2 Å². The van der Waals surface area contributed by atoms with Gasteiger partial charge >= 0.3 is 0 Å². The zero-order chi connectivity index (χ0) is 15.1. The van der Waals surface area contributed by atoms with Crippen molar-refractivity contribution in [3.8, 4) is 0 Å². The minimum Gasteiger partial charge on any atom is -0.338 e. The molecule has 21 heavy (non-hydrogen) atoms. The smallest absolute Gasteiger partial charge is 0.233 e. The van der Waals surface area contributed by atoms with Gasteiger partial charge in [0.25, 0.3) is 0 Å². The lowest BCUT2D eigenvalue weighted by atomic mass is 10.2. The quantitative estimate of drug-likeness (QED) is 0.732. The largest absolute Gasteiger partial charge is 0.338 e. The first-order valence-corrected chi connectivity index (χ1v) is 8.26. The number of carbonyl (C=O) groups is 1. The summed E-state index contributed by atoms with van der Waals surface area (Å²) in [7, 11) is 0. The van der Waals surface area contributed by atoms with Gasteiger partial charge in [0.1, 0.15) is 0 Å². The molecule has 0 saturated heterocycles. The molecule has 4 heteroatoms. The van der Waals surface area contributed by atoms with E-state index in [1.54, 1.807) is 0 Å². The predicted octanol–water partition coefficient (Wildman–Crippen LogP) is 4.48. The maximum absolute atomic E-state index is 12.3. The Hall–Kier alpha value is -1.45. The highest BCUT2D eigenvalue weighted by Gasteiger charge is 2.13. The average molecular weight is 320 g/mol. The first-order valence-electron chi connectivity index (χ1n) is 6.89. The summed E-state index contributed by atoms with van der Waals surface area (Å²) in [4.78, 5) is 15.1. The molecule has 2 aromatic carbocycles. The lowest BCUT2D eigenvalue weighted by Gasteiger charge is -2.21. The van der Waals surface area contributed by atoms with Gasteiger partial charge in [-0.05, 0) is 24.6 Å². The molecule has 0 aliphatic carbocycles. The van der Waals surface area contributed by atoms with Gasteiger partial charge in [-0.15, -0.1) is 11.8 Å². The number of thioether (sulfide) groups is 1. The van der Waals surface area contributed by atoms with Crippen molar-refractivity contribution in [1.82, 2.24) is 4.90 Å². The molecule has 2 nitrogen and oxygen atoms in total. The highest BCUT2D eigenvalue weighted by molar-refractivity contribution is 8.00. The van der Waals surface area contributed by atoms with Crippen molar-refractivity contribution < 1.29 is 4.79 Å². The van der Waals surface area contributed by atoms with Crippen molar-refractivity contribution in [2.24, 2.45) is 0 Å². The van der Waals surface area contributed by atoms with Crippen LogP contribution in [0.1, 0.15) is 12.5 Å². The summed E-state index contributed by atoms with van der Waals surface area (Å²) in [5, 5.41) is 0.696. The minimum atomic E-state index is 0.131. The molecule has 2 aromatic rings. The molecule has 0 N–H and O–H groups in total. The zero-order valence-electron chi connectivity index (χ0n) is 12.0. The topological polar surface area (TPSA) is 20.3 Å². The monoisotopic (exact) mass is 319 g/mol. The van der Waals surface area contributed by atoms with Gasteiger partial charge in [-0.25, -0.2) is 0 Å². The van der Waals surface area contributed by atoms with E-state index in [4.69, 9.17) is 11.6 Å². The van der Waals surface area contributed by atoms with E-state index in [2.05, 4.69) is 0 Å². The second-order valence-electron chi connectivity index (χ2n) is 4.61. The van der Waals surface area contributed by atoms with Crippen LogP contribution in [-0.2, 0) is 11.3 Å². The maximum Gasteiger partial charge on any atom is 0.233 e. The first kappa shape index (κ1) is 15.9. The first-order chi connectivity index (χ1) is 10.2. The summed E-state index contributed by atoms with van der Waals surface area (Å²) in [5.74, 6) is 0.538. The van der Waals surface area contributed by atoms with Gasteiger partial charge in [0.05, 0.1) is 10.8 Å². The number of rotatable bonds is 6. The van der Waals surface area contributed by atoms with Crippen LogP contribution in [0, 0.1) is 0 Å². The number of hydrogen-bond donors (Lipinski definition) is 0. The van der Waals surface area contributed by atoms with E-state index >= 15 is 0 Å². The molecule has 0 atom stereocenters. The van der Waals surface area contributed by atoms with Crippen LogP contribution in [0.5, 0.6) is 0 Å². The molecule has 0 saturated carbocycles. The van der Waals surface area contributed by atoms with Gasteiger partial charge in [-0.2, -0.15) is 0 Å². The number of benzene rings is 2. The summed E-state index contributed by atoms with van der Waals surface area (Å²) in [6, 6.07) is 17.6. The lowest BCUT2D eigenvalue weighted by molar-refractivity contribution is -0.128. The van der Waals surface area contributed by atoms with E-state index in [0.717, 1.165) is 10.5 Å². The zero-order valence-corrected chi connectivity index (χ0v) is 13.5. The normalized spacial score (nSPS) is 10.4. The Morgan fingerprint density at radius 1 is 1.10 bits per heavy atom. The molecule has 0 aliphatic rings. The third kappa shape index (κ3) is 4.80. The third-order valence-electron chi connectivity index (χ3n) is 3.14.